The Balaban J connectivity index is 0.000000423. The highest BCUT2D eigenvalue weighted by Gasteiger charge is 1.98. The highest BCUT2D eigenvalue weighted by atomic mass is 32.2. The largest absolute Gasteiger partial charge is 0.750 e. The van der Waals surface area contributed by atoms with Crippen LogP contribution in [-0.2, 0) is 11.4 Å². The average Bonchev–Trinajstić information content (AvgIpc) is 2.07. The van der Waals surface area contributed by atoms with Gasteiger partial charge < -0.3 is 14.8 Å². The standard InChI is InChI=1S/C8H12N2S.H2O3S/c1-10(2)11-8-6-4-3-5-7(8)9;1-4(2)3/h3-6H,9H2,1-2H3;(H2,1,2,3)/p-1. The Morgan fingerprint density at radius 3 is 2.33 bits per heavy atom. The summed E-state index contributed by atoms with van der Waals surface area (Å²) in [6, 6.07) is 7.85. The van der Waals surface area contributed by atoms with Crippen molar-refractivity contribution in [3.8, 4) is 0 Å². The first-order valence-corrected chi connectivity index (χ1v) is 5.72. The lowest BCUT2D eigenvalue weighted by atomic mass is 10.3. The van der Waals surface area contributed by atoms with E-state index in [0.717, 1.165) is 10.6 Å². The number of para-hydroxylation sites is 1. The minimum Gasteiger partial charge on any atom is -0.750 e. The Morgan fingerprint density at radius 2 is 1.93 bits per heavy atom. The second-order valence-electron chi connectivity index (χ2n) is 2.66. The second-order valence-corrected chi connectivity index (χ2v) is 4.45. The number of nitrogens with two attached hydrogens (primary N) is 1. The van der Waals surface area contributed by atoms with Crippen molar-refractivity contribution in [2.75, 3.05) is 19.8 Å². The van der Waals surface area contributed by atoms with E-state index in [2.05, 4.69) is 0 Å². The van der Waals surface area contributed by atoms with E-state index < -0.39 is 11.4 Å². The summed E-state index contributed by atoms with van der Waals surface area (Å²) in [7, 11) is 3.99. The van der Waals surface area contributed by atoms with Gasteiger partial charge in [0, 0.05) is 10.6 Å². The number of nitrogen functional groups attached to an aromatic ring is 1. The first-order valence-electron chi connectivity index (χ1n) is 3.91. The topological polar surface area (TPSA) is 89.6 Å². The van der Waals surface area contributed by atoms with E-state index in [-0.39, 0.29) is 0 Å². The fourth-order valence-electron chi connectivity index (χ4n) is 0.760. The zero-order chi connectivity index (χ0) is 11.8. The molecule has 1 aromatic carbocycles. The molecule has 1 atom stereocenters. The van der Waals surface area contributed by atoms with Crippen LogP contribution in [-0.4, -0.2) is 31.7 Å². The Bertz CT molecular complexity index is 317. The van der Waals surface area contributed by atoms with Gasteiger partial charge in [-0.1, -0.05) is 12.1 Å². The summed E-state index contributed by atoms with van der Waals surface area (Å²) in [5.41, 5.74) is 6.56. The van der Waals surface area contributed by atoms with E-state index in [9.17, 15) is 0 Å². The van der Waals surface area contributed by atoms with Crippen molar-refractivity contribution in [2.24, 2.45) is 0 Å². The van der Waals surface area contributed by atoms with Crippen LogP contribution in [0.4, 0.5) is 5.69 Å². The molecule has 0 saturated heterocycles. The SMILES string of the molecule is CN(C)Sc1ccccc1N.O=S([O-])O. The predicted octanol–water partition coefficient (Wildman–Crippen LogP) is 1.18. The van der Waals surface area contributed by atoms with E-state index >= 15 is 0 Å². The van der Waals surface area contributed by atoms with E-state index in [1.807, 2.05) is 42.7 Å². The molecule has 0 aliphatic carbocycles. The van der Waals surface area contributed by atoms with Crippen molar-refractivity contribution >= 4 is 29.0 Å². The quantitative estimate of drug-likeness (QED) is 0.464. The molecular formula is C8H13N2O3S2-. The molecule has 0 saturated carbocycles. The Hall–Kier alpha value is -0.600. The van der Waals surface area contributed by atoms with Gasteiger partial charge in [-0.15, -0.1) is 0 Å². The van der Waals surface area contributed by atoms with Gasteiger partial charge in [0.1, 0.15) is 0 Å². The summed E-state index contributed by atoms with van der Waals surface area (Å²) in [5.74, 6) is 0. The van der Waals surface area contributed by atoms with Crippen LogP contribution in [0.5, 0.6) is 0 Å². The minimum absolute atomic E-state index is 0.839. The normalized spacial score (nSPS) is 11.8. The molecule has 1 unspecified atom stereocenters. The fourth-order valence-corrected chi connectivity index (χ4v) is 1.47. The van der Waals surface area contributed by atoms with Gasteiger partial charge in [-0.25, -0.2) is 4.21 Å². The number of rotatable bonds is 2. The zero-order valence-corrected chi connectivity index (χ0v) is 10.0. The van der Waals surface area contributed by atoms with Gasteiger partial charge in [-0.2, -0.15) is 0 Å². The molecule has 1 rings (SSSR count). The van der Waals surface area contributed by atoms with Crippen LogP contribution in [0.2, 0.25) is 0 Å². The van der Waals surface area contributed by atoms with E-state index in [4.69, 9.17) is 19.0 Å². The lowest BCUT2D eigenvalue weighted by molar-refractivity contribution is 0.436. The van der Waals surface area contributed by atoms with Crippen LogP contribution in [0.1, 0.15) is 0 Å². The molecule has 0 spiro atoms. The maximum atomic E-state index is 8.56. The fraction of sp³-hybridized carbons (Fsp3) is 0.250. The number of anilines is 1. The molecule has 5 nitrogen and oxygen atoms in total. The molecule has 0 aliphatic rings. The first kappa shape index (κ1) is 14.4. The van der Waals surface area contributed by atoms with Crippen molar-refractivity contribution in [1.82, 2.24) is 4.31 Å². The molecule has 3 N–H and O–H groups in total. The summed E-state index contributed by atoms with van der Waals surface area (Å²) < 4.78 is 26.1. The summed E-state index contributed by atoms with van der Waals surface area (Å²) in [4.78, 5) is 1.11. The van der Waals surface area contributed by atoms with Gasteiger partial charge in [-0.3, -0.25) is 4.31 Å². The van der Waals surface area contributed by atoms with Crippen molar-refractivity contribution in [2.45, 2.75) is 4.90 Å². The maximum Gasteiger partial charge on any atom is 0.0814 e. The van der Waals surface area contributed by atoms with Crippen molar-refractivity contribution < 1.29 is 13.3 Å². The third-order valence-electron chi connectivity index (χ3n) is 1.20. The van der Waals surface area contributed by atoms with Gasteiger partial charge in [-0.05, 0) is 38.2 Å². The number of hydrogen-bond donors (Lipinski definition) is 2. The van der Waals surface area contributed by atoms with Crippen molar-refractivity contribution in [1.29, 1.82) is 0 Å². The summed E-state index contributed by atoms with van der Waals surface area (Å²) in [6.45, 7) is 0. The van der Waals surface area contributed by atoms with Crippen molar-refractivity contribution in [3.05, 3.63) is 24.3 Å². The average molecular weight is 249 g/mol. The van der Waals surface area contributed by atoms with Crippen LogP contribution in [0.3, 0.4) is 0 Å². The summed E-state index contributed by atoms with van der Waals surface area (Å²) >= 11 is -1.23. The molecule has 0 aromatic heterocycles. The predicted molar refractivity (Wildman–Crippen MR) is 61.9 cm³/mol. The molecule has 15 heavy (non-hydrogen) atoms. The van der Waals surface area contributed by atoms with Crippen molar-refractivity contribution in [3.63, 3.8) is 0 Å². The molecule has 0 bridgehead atoms. The Morgan fingerprint density at radius 1 is 1.47 bits per heavy atom. The molecule has 1 aromatic rings. The molecule has 0 fully saturated rings. The second kappa shape index (κ2) is 7.66. The van der Waals surface area contributed by atoms with Gasteiger partial charge in [0.05, 0.1) is 11.4 Å². The van der Waals surface area contributed by atoms with Gasteiger partial charge in [0.15, 0.2) is 0 Å². The smallest absolute Gasteiger partial charge is 0.0814 e. The Labute approximate surface area is 95.9 Å². The first-order chi connectivity index (χ1) is 6.93. The van der Waals surface area contributed by atoms with E-state index in [0.29, 0.717) is 0 Å². The highest BCUT2D eigenvalue weighted by molar-refractivity contribution is 7.97. The summed E-state index contributed by atoms with van der Waals surface area (Å²) in [6.07, 6.45) is 0. The molecule has 7 heteroatoms. The van der Waals surface area contributed by atoms with Crippen LogP contribution >= 0.6 is 11.9 Å². The van der Waals surface area contributed by atoms with Crippen LogP contribution in [0.15, 0.2) is 29.2 Å². The monoisotopic (exact) mass is 249 g/mol. The van der Waals surface area contributed by atoms with Crippen LogP contribution < -0.4 is 5.73 Å². The van der Waals surface area contributed by atoms with E-state index in [1.54, 1.807) is 11.9 Å². The van der Waals surface area contributed by atoms with Gasteiger partial charge >= 0.3 is 0 Å². The lowest BCUT2D eigenvalue weighted by Gasteiger charge is -2.09. The Kier molecular flexibility index (Phi) is 7.35. The van der Waals surface area contributed by atoms with Crippen LogP contribution in [0, 0.1) is 0 Å². The third kappa shape index (κ3) is 8.40. The zero-order valence-electron chi connectivity index (χ0n) is 8.41. The molecule has 86 valence electrons. The molecule has 0 heterocycles. The van der Waals surface area contributed by atoms with Crippen LogP contribution in [0.25, 0.3) is 0 Å². The third-order valence-corrected chi connectivity index (χ3v) is 2.13. The van der Waals surface area contributed by atoms with E-state index in [1.165, 1.54) is 0 Å². The molecule has 0 aliphatic heterocycles. The number of nitrogens with zero attached hydrogens (tertiary/aromatic N) is 1. The van der Waals surface area contributed by atoms with Gasteiger partial charge in [0.2, 0.25) is 0 Å². The highest BCUT2D eigenvalue weighted by Crippen LogP contribution is 2.24. The summed E-state index contributed by atoms with van der Waals surface area (Å²) in [5, 5.41) is 0. The molecule has 0 amide bonds. The maximum absolute atomic E-state index is 8.56. The minimum atomic E-state index is -2.86. The molecular weight excluding hydrogens is 236 g/mol. The lowest BCUT2D eigenvalue weighted by Crippen LogP contribution is -2.00. The van der Waals surface area contributed by atoms with Gasteiger partial charge in [0.25, 0.3) is 0 Å². The molecule has 0 radical (unpaired) electrons. The number of benzene rings is 1. The number of hydrogen-bond acceptors (Lipinski definition) is 5.